The number of anilines is 1. The number of piperidine rings is 1. The molecule has 2 aromatic heterocycles. The number of hydrogen-bond acceptors (Lipinski definition) is 7. The number of carbonyl (C=O) groups is 1. The number of hydrogen-bond donors (Lipinski definition) is 0. The van der Waals surface area contributed by atoms with Gasteiger partial charge in [0.2, 0.25) is 11.8 Å². The molecule has 4 heterocycles. The van der Waals surface area contributed by atoms with Crippen molar-refractivity contribution >= 4 is 11.7 Å². The molecule has 1 aliphatic carbocycles. The number of carbonyl (C=O) groups excluding carboxylic acids is 1. The highest BCUT2D eigenvalue weighted by Crippen LogP contribution is 2.36. The number of aryl methyl sites for hydroxylation is 1. The molecule has 5 rings (SSSR count). The van der Waals surface area contributed by atoms with Crippen LogP contribution < -0.4 is 14.4 Å². The van der Waals surface area contributed by atoms with E-state index in [0.29, 0.717) is 36.1 Å². The minimum atomic E-state index is -0.00405. The average Bonchev–Trinajstić information content (AvgIpc) is 3.50. The third kappa shape index (κ3) is 3.61. The summed E-state index contributed by atoms with van der Waals surface area (Å²) >= 11 is 0. The Morgan fingerprint density at radius 1 is 1.14 bits per heavy atom. The first-order valence-electron chi connectivity index (χ1n) is 10.4. The summed E-state index contributed by atoms with van der Waals surface area (Å²) in [6.07, 6.45) is 6.69. The fourth-order valence-electron chi connectivity index (χ4n) is 4.29. The van der Waals surface area contributed by atoms with E-state index in [1.165, 1.54) is 12.8 Å². The number of nitrogens with zero attached hydrogens (tertiary/aromatic N) is 6. The van der Waals surface area contributed by atoms with Gasteiger partial charge in [-0.2, -0.15) is 5.10 Å². The molecule has 154 valence electrons. The topological polar surface area (TPSA) is 85.6 Å². The minimum Gasteiger partial charge on any atom is -0.481 e. The normalized spacial score (nSPS) is 19.4. The van der Waals surface area contributed by atoms with Gasteiger partial charge in [0.25, 0.3) is 5.91 Å². The Bertz CT molecular complexity index is 865. The molecule has 2 fully saturated rings. The van der Waals surface area contributed by atoms with E-state index in [1.807, 2.05) is 11.0 Å². The fraction of sp³-hybridized carbons (Fsp3) is 0.600. The van der Waals surface area contributed by atoms with E-state index in [-0.39, 0.29) is 5.91 Å². The zero-order chi connectivity index (χ0) is 19.8. The van der Waals surface area contributed by atoms with Crippen molar-refractivity contribution in [2.45, 2.75) is 50.7 Å². The van der Waals surface area contributed by atoms with Crippen LogP contribution in [-0.2, 0) is 6.54 Å². The lowest BCUT2D eigenvalue weighted by Crippen LogP contribution is -2.48. The van der Waals surface area contributed by atoms with Crippen LogP contribution >= 0.6 is 0 Å². The quantitative estimate of drug-likeness (QED) is 0.758. The second-order valence-electron chi connectivity index (χ2n) is 7.87. The van der Waals surface area contributed by atoms with Crippen molar-refractivity contribution in [3.8, 4) is 11.8 Å². The van der Waals surface area contributed by atoms with Crippen molar-refractivity contribution in [1.29, 1.82) is 0 Å². The summed E-state index contributed by atoms with van der Waals surface area (Å²) in [5, 5.41) is 4.44. The van der Waals surface area contributed by atoms with Gasteiger partial charge in [0.1, 0.15) is 12.1 Å². The smallest absolute Gasteiger partial charge is 0.274 e. The first-order valence-corrected chi connectivity index (χ1v) is 10.4. The van der Waals surface area contributed by atoms with Crippen LogP contribution in [0.1, 0.15) is 42.6 Å². The van der Waals surface area contributed by atoms with Gasteiger partial charge in [-0.1, -0.05) is 0 Å². The van der Waals surface area contributed by atoms with E-state index in [4.69, 9.17) is 9.47 Å². The van der Waals surface area contributed by atoms with Crippen LogP contribution in [0.4, 0.5) is 5.82 Å². The molecule has 2 aromatic rings. The van der Waals surface area contributed by atoms with Crippen molar-refractivity contribution in [2.75, 3.05) is 31.7 Å². The SMILES string of the molecule is COc1cc(N(C2CC2)C2CCN(C(=O)c3cc4n(n3)CCCO4)CC2)ncn1. The Labute approximate surface area is 169 Å². The number of likely N-dealkylation sites (tertiary alicyclic amines) is 1. The second-order valence-corrected chi connectivity index (χ2v) is 7.87. The number of aromatic nitrogens is 4. The standard InChI is InChI=1S/C20H26N6O3/c1-28-18-12-17(21-13-22-18)26(14-3-4-14)15-5-8-24(9-6-15)20(27)16-11-19-25(23-16)7-2-10-29-19/h11-15H,2-10H2,1H3. The van der Waals surface area contributed by atoms with Crippen molar-refractivity contribution in [2.24, 2.45) is 0 Å². The number of amides is 1. The minimum absolute atomic E-state index is 0.00405. The van der Waals surface area contributed by atoms with Crippen LogP contribution in [0.3, 0.4) is 0 Å². The zero-order valence-corrected chi connectivity index (χ0v) is 16.7. The summed E-state index contributed by atoms with van der Waals surface area (Å²) in [4.78, 5) is 25.9. The number of fused-ring (bicyclic) bond motifs is 1. The van der Waals surface area contributed by atoms with E-state index in [0.717, 1.165) is 44.7 Å². The molecule has 0 atom stereocenters. The van der Waals surface area contributed by atoms with Crippen LogP contribution in [0.5, 0.6) is 11.8 Å². The van der Waals surface area contributed by atoms with Crippen molar-refractivity contribution in [1.82, 2.24) is 24.6 Å². The van der Waals surface area contributed by atoms with Crippen LogP contribution in [0.2, 0.25) is 0 Å². The van der Waals surface area contributed by atoms with Crippen LogP contribution in [0.25, 0.3) is 0 Å². The van der Waals surface area contributed by atoms with Gasteiger partial charge in [0.15, 0.2) is 5.69 Å². The van der Waals surface area contributed by atoms with Crippen LogP contribution in [0.15, 0.2) is 18.5 Å². The number of rotatable bonds is 5. The summed E-state index contributed by atoms with van der Waals surface area (Å²) in [5.41, 5.74) is 0.486. The molecule has 1 amide bonds. The second kappa shape index (κ2) is 7.53. The fourth-order valence-corrected chi connectivity index (χ4v) is 4.29. The molecule has 1 saturated heterocycles. The molecule has 0 unspecified atom stereocenters. The average molecular weight is 398 g/mol. The Morgan fingerprint density at radius 2 is 1.93 bits per heavy atom. The van der Waals surface area contributed by atoms with Gasteiger partial charge in [0.05, 0.1) is 13.7 Å². The molecule has 3 aliphatic rings. The molecule has 9 nitrogen and oxygen atoms in total. The highest BCUT2D eigenvalue weighted by atomic mass is 16.5. The Hall–Kier alpha value is -2.84. The van der Waals surface area contributed by atoms with Gasteiger partial charge in [0, 0.05) is 50.3 Å². The Morgan fingerprint density at radius 3 is 2.66 bits per heavy atom. The maximum atomic E-state index is 12.9. The summed E-state index contributed by atoms with van der Waals surface area (Å²) in [6, 6.07) is 4.58. The first kappa shape index (κ1) is 18.2. The molecular formula is C20H26N6O3. The lowest BCUT2D eigenvalue weighted by atomic mass is 10.0. The summed E-state index contributed by atoms with van der Waals surface area (Å²) in [5.74, 6) is 2.20. The molecule has 9 heteroatoms. The molecule has 2 aliphatic heterocycles. The summed E-state index contributed by atoms with van der Waals surface area (Å²) in [7, 11) is 1.62. The van der Waals surface area contributed by atoms with Gasteiger partial charge < -0.3 is 19.3 Å². The van der Waals surface area contributed by atoms with Crippen LogP contribution in [0, 0.1) is 0 Å². The van der Waals surface area contributed by atoms with E-state index in [2.05, 4.69) is 20.0 Å². The summed E-state index contributed by atoms with van der Waals surface area (Å²) in [6.45, 7) is 2.94. The maximum absolute atomic E-state index is 12.9. The Kier molecular flexibility index (Phi) is 4.73. The predicted molar refractivity (Wildman–Crippen MR) is 105 cm³/mol. The zero-order valence-electron chi connectivity index (χ0n) is 16.7. The largest absolute Gasteiger partial charge is 0.481 e. The van der Waals surface area contributed by atoms with Gasteiger partial charge in [-0.3, -0.25) is 4.79 Å². The van der Waals surface area contributed by atoms with Crippen molar-refractivity contribution in [3.05, 3.63) is 24.2 Å². The lowest BCUT2D eigenvalue weighted by Gasteiger charge is -2.39. The maximum Gasteiger partial charge on any atom is 0.274 e. The molecule has 29 heavy (non-hydrogen) atoms. The van der Waals surface area contributed by atoms with Crippen molar-refractivity contribution < 1.29 is 14.3 Å². The van der Waals surface area contributed by atoms with E-state index in [1.54, 1.807) is 24.2 Å². The molecule has 0 bridgehead atoms. The van der Waals surface area contributed by atoms with Gasteiger partial charge in [-0.25, -0.2) is 14.6 Å². The van der Waals surface area contributed by atoms with E-state index in [9.17, 15) is 4.79 Å². The van der Waals surface area contributed by atoms with Gasteiger partial charge >= 0.3 is 0 Å². The third-order valence-corrected chi connectivity index (χ3v) is 5.91. The molecule has 0 N–H and O–H groups in total. The third-order valence-electron chi connectivity index (χ3n) is 5.91. The Balaban J connectivity index is 1.26. The monoisotopic (exact) mass is 398 g/mol. The number of ether oxygens (including phenoxy) is 2. The highest BCUT2D eigenvalue weighted by Gasteiger charge is 2.37. The predicted octanol–water partition coefficient (Wildman–Crippen LogP) is 1.74. The molecular weight excluding hydrogens is 372 g/mol. The molecule has 1 saturated carbocycles. The van der Waals surface area contributed by atoms with Crippen molar-refractivity contribution in [3.63, 3.8) is 0 Å². The molecule has 0 spiro atoms. The van der Waals surface area contributed by atoms with Gasteiger partial charge in [-0.15, -0.1) is 0 Å². The van der Waals surface area contributed by atoms with Gasteiger partial charge in [-0.05, 0) is 25.7 Å². The van der Waals surface area contributed by atoms with E-state index < -0.39 is 0 Å². The number of methoxy groups -OCH3 is 1. The molecule has 0 aromatic carbocycles. The van der Waals surface area contributed by atoms with Crippen LogP contribution in [-0.4, -0.2) is 69.4 Å². The molecule has 0 radical (unpaired) electrons. The summed E-state index contributed by atoms with van der Waals surface area (Å²) < 4.78 is 12.7. The lowest BCUT2D eigenvalue weighted by molar-refractivity contribution is 0.0705. The highest BCUT2D eigenvalue weighted by molar-refractivity contribution is 5.92. The van der Waals surface area contributed by atoms with E-state index >= 15 is 0 Å². The first-order chi connectivity index (χ1) is 14.2.